The van der Waals surface area contributed by atoms with Crippen LogP contribution < -0.4 is 23.8 Å². The Balaban J connectivity index is 1.62. The van der Waals surface area contributed by atoms with E-state index in [1.165, 1.54) is 56.6 Å². The number of carbonyl (C=O) groups is 2. The van der Waals surface area contributed by atoms with Crippen molar-refractivity contribution in [2.45, 2.75) is 62.0 Å². The maximum absolute atomic E-state index is 14.9. The number of ether oxygens (including phenoxy) is 3. The SMILES string of the molecule is COc1ccc(S(=O)(=O)N(CC(=O)N(Cc2ccc(Br)cc2)[C@@H](Cc2ccccc2)C(=O)NC2CCCCC2)c2cc(Cl)ccc2OC)cc1OC. The van der Waals surface area contributed by atoms with Crippen molar-refractivity contribution in [1.82, 2.24) is 10.2 Å². The number of carbonyl (C=O) groups excluding carboxylic acids is 2. The van der Waals surface area contributed by atoms with Crippen molar-refractivity contribution >= 4 is 55.1 Å². The fourth-order valence-electron chi connectivity index (χ4n) is 6.36. The predicted octanol–water partition coefficient (Wildman–Crippen LogP) is 7.41. The van der Waals surface area contributed by atoms with E-state index in [2.05, 4.69) is 21.2 Å². The van der Waals surface area contributed by atoms with E-state index in [4.69, 9.17) is 25.8 Å². The largest absolute Gasteiger partial charge is 0.495 e. The molecule has 1 aliphatic carbocycles. The van der Waals surface area contributed by atoms with Crippen LogP contribution in [0.3, 0.4) is 0 Å². The van der Waals surface area contributed by atoms with Crippen molar-refractivity contribution in [2.75, 3.05) is 32.2 Å². The lowest BCUT2D eigenvalue weighted by Crippen LogP contribution is -2.55. The second-order valence-electron chi connectivity index (χ2n) is 12.5. The van der Waals surface area contributed by atoms with Gasteiger partial charge in [-0.1, -0.05) is 89.3 Å². The first-order chi connectivity index (χ1) is 25.0. The fourth-order valence-corrected chi connectivity index (χ4v) is 8.22. The van der Waals surface area contributed by atoms with Crippen molar-refractivity contribution in [3.05, 3.63) is 112 Å². The number of hydrogen-bond acceptors (Lipinski definition) is 7. The standard InChI is InChI=1S/C39H43BrClN3O7S/c1-49-35-20-18-30(41)23-33(35)44(52(47,48)32-19-21-36(50-2)37(24-32)51-3)26-38(45)43(25-28-14-16-29(40)17-15-28)34(22-27-10-6-4-7-11-27)39(46)42-31-12-8-5-9-13-31/h4,6-7,10-11,14-21,23-24,31,34H,5,8-9,12-13,22,25-26H2,1-3H3,(H,42,46)/t34-/m0/s1. The molecule has 0 aromatic heterocycles. The number of hydrogen-bond donors (Lipinski definition) is 1. The molecule has 1 aliphatic rings. The number of nitrogens with zero attached hydrogens (tertiary/aromatic N) is 2. The molecule has 1 fully saturated rings. The monoisotopic (exact) mass is 811 g/mol. The van der Waals surface area contributed by atoms with Crippen molar-refractivity contribution in [2.24, 2.45) is 0 Å². The molecule has 1 N–H and O–H groups in total. The molecule has 0 aliphatic heterocycles. The van der Waals surface area contributed by atoms with Crippen molar-refractivity contribution in [3.63, 3.8) is 0 Å². The minimum absolute atomic E-state index is 0.0122. The Bertz CT molecular complexity index is 1940. The minimum atomic E-state index is -4.49. The van der Waals surface area contributed by atoms with Gasteiger partial charge in [0, 0.05) is 34.6 Å². The molecular weight excluding hydrogens is 770 g/mol. The van der Waals surface area contributed by atoms with E-state index in [1.807, 2.05) is 54.6 Å². The highest BCUT2D eigenvalue weighted by Crippen LogP contribution is 2.37. The molecule has 0 heterocycles. The van der Waals surface area contributed by atoms with Crippen LogP contribution in [0, 0.1) is 0 Å². The van der Waals surface area contributed by atoms with E-state index in [0.717, 1.165) is 52.0 Å². The average molecular weight is 813 g/mol. The van der Waals surface area contributed by atoms with Gasteiger partial charge in [0.25, 0.3) is 10.0 Å². The van der Waals surface area contributed by atoms with Gasteiger partial charge in [-0.25, -0.2) is 8.42 Å². The Kier molecular flexibility index (Phi) is 13.5. The number of halogens is 2. The molecular formula is C39H43BrClN3O7S. The number of amides is 2. The summed E-state index contributed by atoms with van der Waals surface area (Å²) in [5.41, 5.74) is 1.66. The van der Waals surface area contributed by atoms with Gasteiger partial charge in [-0.15, -0.1) is 0 Å². The molecule has 0 radical (unpaired) electrons. The van der Waals surface area contributed by atoms with Crippen LogP contribution in [0.2, 0.25) is 5.02 Å². The van der Waals surface area contributed by atoms with Crippen LogP contribution in [0.15, 0.2) is 100 Å². The smallest absolute Gasteiger partial charge is 0.265 e. The second kappa shape index (κ2) is 18.0. The highest BCUT2D eigenvalue weighted by atomic mass is 79.9. The summed E-state index contributed by atoms with van der Waals surface area (Å²) in [6, 6.07) is 24.7. The van der Waals surface area contributed by atoms with Gasteiger partial charge < -0.3 is 24.4 Å². The van der Waals surface area contributed by atoms with Crippen LogP contribution in [0.4, 0.5) is 5.69 Å². The van der Waals surface area contributed by atoms with Crippen LogP contribution in [-0.2, 0) is 32.6 Å². The van der Waals surface area contributed by atoms with Gasteiger partial charge in [0.2, 0.25) is 11.8 Å². The van der Waals surface area contributed by atoms with E-state index >= 15 is 0 Å². The molecule has 276 valence electrons. The van der Waals surface area contributed by atoms with Gasteiger partial charge in [0.15, 0.2) is 11.5 Å². The Morgan fingerprint density at radius 1 is 0.827 bits per heavy atom. The lowest BCUT2D eigenvalue weighted by Gasteiger charge is -2.35. The average Bonchev–Trinajstić information content (AvgIpc) is 3.16. The van der Waals surface area contributed by atoms with Gasteiger partial charge in [-0.3, -0.25) is 13.9 Å². The Morgan fingerprint density at radius 3 is 2.13 bits per heavy atom. The Hall–Kier alpha value is -4.26. The minimum Gasteiger partial charge on any atom is -0.495 e. The number of methoxy groups -OCH3 is 3. The van der Waals surface area contributed by atoms with Crippen LogP contribution in [-0.4, -0.2) is 65.1 Å². The van der Waals surface area contributed by atoms with Gasteiger partial charge in [0.05, 0.1) is 31.9 Å². The summed E-state index contributed by atoms with van der Waals surface area (Å²) < 4.78 is 47.5. The van der Waals surface area contributed by atoms with Crippen LogP contribution in [0.5, 0.6) is 17.2 Å². The molecule has 0 spiro atoms. The van der Waals surface area contributed by atoms with E-state index < -0.39 is 28.5 Å². The van der Waals surface area contributed by atoms with Gasteiger partial charge in [-0.05, 0) is 66.4 Å². The third-order valence-corrected chi connectivity index (χ3v) is 11.6. The number of anilines is 1. The number of benzene rings is 4. The summed E-state index contributed by atoms with van der Waals surface area (Å²) in [4.78, 5) is 30.6. The molecule has 0 bridgehead atoms. The summed E-state index contributed by atoms with van der Waals surface area (Å²) >= 11 is 9.91. The van der Waals surface area contributed by atoms with Gasteiger partial charge >= 0.3 is 0 Å². The van der Waals surface area contributed by atoms with Crippen molar-refractivity contribution in [3.8, 4) is 17.2 Å². The maximum Gasteiger partial charge on any atom is 0.265 e. The van der Waals surface area contributed by atoms with E-state index in [0.29, 0.717) is 5.75 Å². The number of nitrogens with one attached hydrogen (secondary N) is 1. The van der Waals surface area contributed by atoms with E-state index in [1.54, 1.807) is 6.07 Å². The van der Waals surface area contributed by atoms with Crippen molar-refractivity contribution < 1.29 is 32.2 Å². The van der Waals surface area contributed by atoms with Crippen LogP contribution in [0.25, 0.3) is 0 Å². The highest BCUT2D eigenvalue weighted by molar-refractivity contribution is 9.10. The topological polar surface area (TPSA) is 114 Å². The quantitative estimate of drug-likeness (QED) is 0.133. The molecule has 13 heteroatoms. The maximum atomic E-state index is 14.9. The molecule has 1 atom stereocenters. The molecule has 2 amide bonds. The molecule has 1 saturated carbocycles. The molecule has 10 nitrogen and oxygen atoms in total. The molecule has 52 heavy (non-hydrogen) atoms. The zero-order valence-electron chi connectivity index (χ0n) is 29.4. The Labute approximate surface area is 319 Å². The second-order valence-corrected chi connectivity index (χ2v) is 15.8. The molecule has 4 aromatic rings. The zero-order valence-corrected chi connectivity index (χ0v) is 32.5. The summed E-state index contributed by atoms with van der Waals surface area (Å²) in [5.74, 6) is -0.203. The summed E-state index contributed by atoms with van der Waals surface area (Å²) in [6.45, 7) is -0.634. The zero-order chi connectivity index (χ0) is 37.3. The van der Waals surface area contributed by atoms with Gasteiger partial charge in [-0.2, -0.15) is 0 Å². The Morgan fingerprint density at radius 2 is 1.48 bits per heavy atom. The fraction of sp³-hybridized carbons (Fsp3) is 0.333. The first kappa shape index (κ1) is 39.0. The van der Waals surface area contributed by atoms with Crippen molar-refractivity contribution in [1.29, 1.82) is 0 Å². The molecule has 4 aromatic carbocycles. The van der Waals surface area contributed by atoms with Crippen LogP contribution in [0.1, 0.15) is 43.2 Å². The third-order valence-electron chi connectivity index (χ3n) is 9.12. The number of sulfonamides is 1. The summed E-state index contributed by atoms with van der Waals surface area (Å²) in [5, 5.41) is 3.46. The van der Waals surface area contributed by atoms with E-state index in [-0.39, 0.29) is 52.0 Å². The van der Waals surface area contributed by atoms with Gasteiger partial charge in [0.1, 0.15) is 18.3 Å². The lowest BCUT2D eigenvalue weighted by molar-refractivity contribution is -0.140. The van der Waals surface area contributed by atoms with E-state index in [9.17, 15) is 18.0 Å². The first-order valence-electron chi connectivity index (χ1n) is 17.0. The number of rotatable bonds is 15. The normalized spacial score (nSPS) is 13.9. The lowest BCUT2D eigenvalue weighted by atomic mass is 9.94. The first-order valence-corrected chi connectivity index (χ1v) is 19.6. The summed E-state index contributed by atoms with van der Waals surface area (Å²) in [6.07, 6.45) is 5.07. The predicted molar refractivity (Wildman–Crippen MR) is 206 cm³/mol. The third kappa shape index (κ3) is 9.58. The highest BCUT2D eigenvalue weighted by Gasteiger charge is 2.36. The molecule has 5 rings (SSSR count). The van der Waals surface area contributed by atoms with Crippen LogP contribution >= 0.6 is 27.5 Å². The molecule has 0 saturated heterocycles. The molecule has 0 unspecified atom stereocenters. The summed E-state index contributed by atoms with van der Waals surface area (Å²) in [7, 11) is -0.235.